The Balaban J connectivity index is 2.25. The van der Waals surface area contributed by atoms with Gasteiger partial charge in [0.05, 0.1) is 0 Å². The Hall–Kier alpha value is 0.454. The van der Waals surface area contributed by atoms with E-state index in [-0.39, 0.29) is 19.5 Å². The van der Waals surface area contributed by atoms with Crippen LogP contribution in [0.3, 0.4) is 0 Å². The van der Waals surface area contributed by atoms with E-state index in [1.165, 1.54) is 0 Å². The molecule has 1 heterocycles. The molecule has 3 nitrogen and oxygen atoms in total. The van der Waals surface area contributed by atoms with Crippen molar-refractivity contribution in [2.24, 2.45) is 0 Å². The van der Waals surface area contributed by atoms with Crippen molar-refractivity contribution in [1.82, 2.24) is 0 Å². The van der Waals surface area contributed by atoms with Crippen LogP contribution < -0.4 is 0 Å². The summed E-state index contributed by atoms with van der Waals surface area (Å²) in [6, 6.07) is 0. The minimum Gasteiger partial charge on any atom is -0.184 e. The van der Waals surface area contributed by atoms with Crippen LogP contribution in [0.2, 0.25) is 5.67 Å². The summed E-state index contributed by atoms with van der Waals surface area (Å²) < 4.78 is 19.7. The second-order valence-electron chi connectivity index (χ2n) is 1.24. The van der Waals surface area contributed by atoms with E-state index in [9.17, 15) is 4.57 Å². The van der Waals surface area contributed by atoms with Crippen molar-refractivity contribution in [3.05, 3.63) is 0 Å². The molecule has 0 spiro atoms. The molecule has 1 saturated heterocycles. The SMILES string of the molecule is O=[P+]1O[SiH2]C[SiH2]O1. The van der Waals surface area contributed by atoms with Crippen molar-refractivity contribution in [2.45, 2.75) is 5.67 Å². The molecule has 0 amide bonds. The molecule has 1 fully saturated rings. The van der Waals surface area contributed by atoms with Gasteiger partial charge in [0, 0.05) is 4.57 Å². The van der Waals surface area contributed by atoms with Crippen LogP contribution in [0.1, 0.15) is 0 Å². The van der Waals surface area contributed by atoms with Gasteiger partial charge in [-0.2, -0.15) is 8.43 Å². The summed E-state index contributed by atoms with van der Waals surface area (Å²) in [4.78, 5) is 0. The molecule has 0 N–H and O–H groups in total. The Morgan fingerprint density at radius 2 is 2.00 bits per heavy atom. The first-order valence-corrected chi connectivity index (χ1v) is 6.38. The molecule has 0 saturated carbocycles. The van der Waals surface area contributed by atoms with Crippen molar-refractivity contribution < 1.29 is 13.0 Å². The zero-order valence-electron chi connectivity index (χ0n) is 3.79. The standard InChI is InChI=1S/CH6O3PSi2/c2-5-3-6-1-7-4-5/h1,6-7H2/q+1. The van der Waals surface area contributed by atoms with Gasteiger partial charge in [0.2, 0.25) is 19.5 Å². The lowest BCUT2D eigenvalue weighted by Gasteiger charge is -1.93. The van der Waals surface area contributed by atoms with Crippen LogP contribution in [-0.2, 0) is 13.0 Å². The summed E-state index contributed by atoms with van der Waals surface area (Å²) in [5, 5.41) is 0. The molecule has 0 atom stereocenters. The van der Waals surface area contributed by atoms with Gasteiger partial charge in [0.1, 0.15) is 0 Å². The minimum atomic E-state index is -1.62. The quantitative estimate of drug-likeness (QED) is 0.339. The molecule has 1 aliphatic heterocycles. The fourth-order valence-electron chi connectivity index (χ4n) is 0.374. The second-order valence-corrected chi connectivity index (χ2v) is 7.40. The third kappa shape index (κ3) is 1.79. The van der Waals surface area contributed by atoms with E-state index < -0.39 is 8.25 Å². The van der Waals surface area contributed by atoms with Gasteiger partial charge >= 0.3 is 8.25 Å². The highest BCUT2D eigenvalue weighted by Gasteiger charge is 2.23. The van der Waals surface area contributed by atoms with Gasteiger partial charge in [0.15, 0.2) is 0 Å². The Kier molecular flexibility index (Phi) is 2.14. The van der Waals surface area contributed by atoms with Crippen molar-refractivity contribution >= 4 is 27.8 Å². The van der Waals surface area contributed by atoms with E-state index in [0.717, 1.165) is 5.67 Å². The molecular weight excluding hydrogens is 147 g/mol. The van der Waals surface area contributed by atoms with Gasteiger partial charge in [-0.15, -0.1) is 0 Å². The van der Waals surface area contributed by atoms with Crippen molar-refractivity contribution in [3.63, 3.8) is 0 Å². The first-order valence-electron chi connectivity index (χ1n) is 2.13. The molecule has 0 bridgehead atoms. The smallest absolute Gasteiger partial charge is 0.184 e. The normalized spacial score (nSPS) is 34.6. The molecule has 1 aliphatic rings. The lowest BCUT2D eigenvalue weighted by atomic mass is 11.9. The summed E-state index contributed by atoms with van der Waals surface area (Å²) in [6.07, 6.45) is 0. The van der Waals surface area contributed by atoms with E-state index in [1.54, 1.807) is 0 Å². The molecule has 40 valence electrons. The van der Waals surface area contributed by atoms with E-state index in [0.29, 0.717) is 0 Å². The Morgan fingerprint density at radius 1 is 1.43 bits per heavy atom. The molecule has 0 radical (unpaired) electrons. The Bertz CT molecular complexity index is 77.0. The first kappa shape index (κ1) is 5.59. The monoisotopic (exact) mass is 153 g/mol. The Morgan fingerprint density at radius 3 is 2.29 bits per heavy atom. The summed E-state index contributed by atoms with van der Waals surface area (Å²) >= 11 is 0. The van der Waals surface area contributed by atoms with E-state index in [1.807, 2.05) is 0 Å². The van der Waals surface area contributed by atoms with E-state index >= 15 is 0 Å². The van der Waals surface area contributed by atoms with Crippen LogP contribution in [-0.4, -0.2) is 19.5 Å². The van der Waals surface area contributed by atoms with Gasteiger partial charge in [-0.25, -0.2) is 0 Å². The van der Waals surface area contributed by atoms with Gasteiger partial charge in [-0.3, -0.25) is 0 Å². The van der Waals surface area contributed by atoms with Gasteiger partial charge < -0.3 is 0 Å². The molecular formula is CH6O3PSi2+. The predicted molar refractivity (Wildman–Crippen MR) is 31.7 cm³/mol. The zero-order chi connectivity index (χ0) is 5.11. The van der Waals surface area contributed by atoms with Crippen LogP contribution in [0.4, 0.5) is 0 Å². The summed E-state index contributed by atoms with van der Waals surface area (Å²) in [5.41, 5.74) is 1.14. The maximum absolute atomic E-state index is 10.2. The molecule has 0 unspecified atom stereocenters. The highest BCUT2D eigenvalue weighted by Crippen LogP contribution is 2.25. The van der Waals surface area contributed by atoms with Crippen LogP contribution in [0.5, 0.6) is 0 Å². The van der Waals surface area contributed by atoms with Gasteiger partial charge in [-0.05, 0) is 5.67 Å². The number of hydrogen-bond donors (Lipinski definition) is 0. The van der Waals surface area contributed by atoms with Crippen molar-refractivity contribution in [3.8, 4) is 0 Å². The van der Waals surface area contributed by atoms with Crippen LogP contribution in [0.25, 0.3) is 0 Å². The fraction of sp³-hybridized carbons (Fsp3) is 1.00. The maximum atomic E-state index is 10.2. The average molecular weight is 153 g/mol. The zero-order valence-corrected chi connectivity index (χ0v) is 7.52. The van der Waals surface area contributed by atoms with Crippen LogP contribution in [0.15, 0.2) is 0 Å². The molecule has 6 heteroatoms. The predicted octanol–water partition coefficient (Wildman–Crippen LogP) is -0.766. The minimum absolute atomic E-state index is 0.386. The molecule has 0 aliphatic carbocycles. The molecule has 0 aromatic heterocycles. The fourth-order valence-corrected chi connectivity index (χ4v) is 6.36. The number of rotatable bonds is 0. The summed E-state index contributed by atoms with van der Waals surface area (Å²) in [7, 11) is -2.39. The topological polar surface area (TPSA) is 35.5 Å². The second kappa shape index (κ2) is 2.69. The molecule has 0 aromatic rings. The van der Waals surface area contributed by atoms with Gasteiger partial charge in [-0.1, -0.05) is 0 Å². The molecule has 0 aromatic carbocycles. The average Bonchev–Trinajstić information content (AvgIpc) is 1.69. The van der Waals surface area contributed by atoms with Crippen molar-refractivity contribution in [1.29, 1.82) is 0 Å². The highest BCUT2D eigenvalue weighted by molar-refractivity contribution is 7.36. The highest BCUT2D eigenvalue weighted by atomic mass is 31.1. The lowest BCUT2D eigenvalue weighted by molar-refractivity contribution is 0.426. The Labute approximate surface area is 47.2 Å². The van der Waals surface area contributed by atoms with Crippen LogP contribution in [0, 0.1) is 0 Å². The summed E-state index contributed by atoms with van der Waals surface area (Å²) in [5.74, 6) is 0. The molecule has 1 rings (SSSR count). The number of hydrogen-bond acceptors (Lipinski definition) is 3. The lowest BCUT2D eigenvalue weighted by Crippen LogP contribution is -2.06. The van der Waals surface area contributed by atoms with E-state index in [4.69, 9.17) is 8.43 Å². The summed E-state index contributed by atoms with van der Waals surface area (Å²) in [6.45, 7) is 0. The van der Waals surface area contributed by atoms with Gasteiger partial charge in [0.25, 0.3) is 0 Å². The third-order valence-electron chi connectivity index (χ3n) is 0.682. The van der Waals surface area contributed by atoms with E-state index in [2.05, 4.69) is 0 Å². The maximum Gasteiger partial charge on any atom is 0.671 e. The first-order chi connectivity index (χ1) is 3.39. The third-order valence-corrected chi connectivity index (χ3v) is 6.14. The molecule has 7 heavy (non-hydrogen) atoms. The van der Waals surface area contributed by atoms with Crippen LogP contribution >= 0.6 is 8.25 Å². The largest absolute Gasteiger partial charge is 0.671 e. The van der Waals surface area contributed by atoms with Crippen molar-refractivity contribution in [2.75, 3.05) is 0 Å².